The number of hydrogen-bond acceptors (Lipinski definition) is 0. The Morgan fingerprint density at radius 2 is 0.603 bits per heavy atom. The Hall–Kier alpha value is -7.80. The summed E-state index contributed by atoms with van der Waals surface area (Å²) in [6.07, 6.45) is 0. The lowest BCUT2D eigenvalue weighted by Crippen LogP contribution is -2.15. The van der Waals surface area contributed by atoms with Crippen molar-refractivity contribution in [3.63, 3.8) is 0 Å². The fraction of sp³-hybridized carbons (Fsp3) is 0.0476. The van der Waals surface area contributed by atoms with Crippen LogP contribution in [0.25, 0.3) is 121 Å². The lowest BCUT2D eigenvalue weighted by molar-refractivity contribution is 0.661. The van der Waals surface area contributed by atoms with Gasteiger partial charge in [0.15, 0.2) is 0 Å². The van der Waals surface area contributed by atoms with Crippen molar-refractivity contribution in [3.8, 4) is 89.0 Å². The van der Waals surface area contributed by atoms with Crippen LogP contribution in [0.2, 0.25) is 0 Å². The molecule has 0 unspecified atom stereocenters. The van der Waals surface area contributed by atoms with Crippen molar-refractivity contribution >= 4 is 32.3 Å². The van der Waals surface area contributed by atoms with E-state index in [0.29, 0.717) is 0 Å². The highest BCUT2D eigenvalue weighted by Crippen LogP contribution is 2.52. The van der Waals surface area contributed by atoms with Gasteiger partial charge in [-0.25, -0.2) is 0 Å². The zero-order valence-corrected chi connectivity index (χ0v) is 35.3. The molecule has 11 aromatic rings. The Labute approximate surface area is 368 Å². The molecule has 2 aliphatic carbocycles. The van der Waals surface area contributed by atoms with Gasteiger partial charge in [-0.3, -0.25) is 0 Å². The fourth-order valence-electron chi connectivity index (χ4n) is 11.2. The molecule has 0 heterocycles. The summed E-state index contributed by atoms with van der Waals surface area (Å²) in [7, 11) is 0. The van der Waals surface area contributed by atoms with Gasteiger partial charge >= 0.3 is 0 Å². The summed E-state index contributed by atoms with van der Waals surface area (Å²) in [6, 6.07) is 81.5. The van der Waals surface area contributed by atoms with Crippen molar-refractivity contribution in [2.75, 3.05) is 0 Å². The maximum absolute atomic E-state index is 2.44. The van der Waals surface area contributed by atoms with E-state index in [4.69, 9.17) is 0 Å². The second-order valence-corrected chi connectivity index (χ2v) is 17.9. The van der Waals surface area contributed by atoms with Gasteiger partial charge in [0, 0.05) is 5.41 Å². The number of fused-ring (bicyclic) bond motifs is 8. The zero-order chi connectivity index (χ0) is 41.8. The molecule has 0 atom stereocenters. The van der Waals surface area contributed by atoms with E-state index in [2.05, 4.69) is 232 Å². The molecule has 0 fully saturated rings. The second kappa shape index (κ2) is 13.6. The predicted molar refractivity (Wildman–Crippen MR) is 268 cm³/mol. The van der Waals surface area contributed by atoms with Gasteiger partial charge in [-0.1, -0.05) is 220 Å². The summed E-state index contributed by atoms with van der Waals surface area (Å²) < 4.78 is 0. The molecule has 0 heteroatoms. The van der Waals surface area contributed by atoms with Crippen molar-refractivity contribution in [2.24, 2.45) is 0 Å². The first kappa shape index (κ1) is 35.9. The van der Waals surface area contributed by atoms with Crippen LogP contribution in [0.15, 0.2) is 218 Å². The van der Waals surface area contributed by atoms with Gasteiger partial charge in [-0.2, -0.15) is 0 Å². The maximum atomic E-state index is 2.44. The SMILES string of the molecule is CC1(C)c2cc(-c3ccc(-c4c5ccccc5c(-c5ccccc5)c5ccccc45)cc3)ccc2-c2ccc(-c3ccc(-c4ccc5c6c(cccc46)-c4ccccc4-5)cc3)cc21. The Morgan fingerprint density at radius 3 is 1.14 bits per heavy atom. The van der Waals surface area contributed by atoms with Crippen LogP contribution in [0.1, 0.15) is 25.0 Å². The van der Waals surface area contributed by atoms with Crippen molar-refractivity contribution < 1.29 is 0 Å². The van der Waals surface area contributed by atoms with Crippen molar-refractivity contribution in [2.45, 2.75) is 19.3 Å². The van der Waals surface area contributed by atoms with E-state index in [1.165, 1.54) is 132 Å². The molecule has 294 valence electrons. The smallest absolute Gasteiger partial charge is 0.0159 e. The van der Waals surface area contributed by atoms with Gasteiger partial charge in [0.2, 0.25) is 0 Å². The second-order valence-electron chi connectivity index (χ2n) is 17.9. The number of rotatable bonds is 5. The molecular weight excluding hydrogens is 757 g/mol. The molecule has 0 aromatic heterocycles. The van der Waals surface area contributed by atoms with Crippen LogP contribution in [0.4, 0.5) is 0 Å². The zero-order valence-electron chi connectivity index (χ0n) is 35.3. The van der Waals surface area contributed by atoms with Crippen LogP contribution >= 0.6 is 0 Å². The fourth-order valence-corrected chi connectivity index (χ4v) is 11.2. The molecule has 11 aromatic carbocycles. The first-order chi connectivity index (χ1) is 31.0. The first-order valence-electron chi connectivity index (χ1n) is 22.2. The van der Waals surface area contributed by atoms with Crippen LogP contribution in [0.5, 0.6) is 0 Å². The highest BCUT2D eigenvalue weighted by molar-refractivity contribution is 6.22. The average molecular weight is 799 g/mol. The van der Waals surface area contributed by atoms with Crippen LogP contribution in [-0.2, 0) is 5.41 Å². The quantitative estimate of drug-likeness (QED) is 0.152. The Balaban J connectivity index is 0.818. The normalized spacial score (nSPS) is 13.0. The van der Waals surface area contributed by atoms with Crippen molar-refractivity contribution in [1.82, 2.24) is 0 Å². The minimum Gasteiger partial charge on any atom is -0.0622 e. The molecule has 0 amide bonds. The molecular formula is C63H42. The molecule has 0 saturated heterocycles. The molecule has 0 saturated carbocycles. The van der Waals surface area contributed by atoms with E-state index in [1.807, 2.05) is 0 Å². The number of hydrogen-bond donors (Lipinski definition) is 0. The third kappa shape index (κ3) is 5.35. The number of benzene rings is 11. The predicted octanol–water partition coefficient (Wildman–Crippen LogP) is 17.4. The minimum atomic E-state index is -0.142. The summed E-state index contributed by atoms with van der Waals surface area (Å²) in [5.74, 6) is 0. The van der Waals surface area contributed by atoms with E-state index < -0.39 is 0 Å². The maximum Gasteiger partial charge on any atom is 0.0159 e. The van der Waals surface area contributed by atoms with Crippen LogP contribution in [0, 0.1) is 0 Å². The molecule has 0 bridgehead atoms. The van der Waals surface area contributed by atoms with Gasteiger partial charge < -0.3 is 0 Å². The van der Waals surface area contributed by atoms with E-state index in [-0.39, 0.29) is 5.41 Å². The van der Waals surface area contributed by atoms with Crippen molar-refractivity contribution in [1.29, 1.82) is 0 Å². The molecule has 0 spiro atoms. The van der Waals surface area contributed by atoms with Crippen molar-refractivity contribution in [3.05, 3.63) is 230 Å². The molecule has 0 nitrogen and oxygen atoms in total. The molecule has 13 rings (SSSR count). The van der Waals surface area contributed by atoms with E-state index in [0.717, 1.165) is 0 Å². The first-order valence-corrected chi connectivity index (χ1v) is 22.2. The largest absolute Gasteiger partial charge is 0.0622 e. The average Bonchev–Trinajstić information content (AvgIpc) is 3.79. The summed E-state index contributed by atoms with van der Waals surface area (Å²) in [5.41, 5.74) is 23.2. The third-order valence-electron chi connectivity index (χ3n) is 14.3. The van der Waals surface area contributed by atoms with Gasteiger partial charge in [-0.05, 0) is 145 Å². The summed E-state index contributed by atoms with van der Waals surface area (Å²) in [6.45, 7) is 4.78. The van der Waals surface area contributed by atoms with Crippen LogP contribution in [0.3, 0.4) is 0 Å². The Bertz CT molecular complexity index is 3570. The highest BCUT2D eigenvalue weighted by Gasteiger charge is 2.36. The molecule has 0 N–H and O–H groups in total. The van der Waals surface area contributed by atoms with Crippen LogP contribution < -0.4 is 0 Å². The lowest BCUT2D eigenvalue weighted by atomic mass is 9.80. The Morgan fingerprint density at radius 1 is 0.238 bits per heavy atom. The van der Waals surface area contributed by atoms with Gasteiger partial charge in [-0.15, -0.1) is 0 Å². The molecule has 2 aliphatic rings. The summed E-state index contributed by atoms with van der Waals surface area (Å²) in [4.78, 5) is 0. The summed E-state index contributed by atoms with van der Waals surface area (Å²) in [5, 5.41) is 7.80. The Kier molecular flexibility index (Phi) is 7.75. The highest BCUT2D eigenvalue weighted by atomic mass is 14.4. The van der Waals surface area contributed by atoms with E-state index in [9.17, 15) is 0 Å². The van der Waals surface area contributed by atoms with E-state index in [1.54, 1.807) is 0 Å². The lowest BCUT2D eigenvalue weighted by Gasteiger charge is -2.23. The van der Waals surface area contributed by atoms with Gasteiger partial charge in [0.1, 0.15) is 0 Å². The van der Waals surface area contributed by atoms with E-state index >= 15 is 0 Å². The molecule has 63 heavy (non-hydrogen) atoms. The van der Waals surface area contributed by atoms with Gasteiger partial charge in [0.25, 0.3) is 0 Å². The van der Waals surface area contributed by atoms with Crippen LogP contribution in [-0.4, -0.2) is 0 Å². The standard InChI is InChI=1S/C63H42/c1-63(2)58-37-44(39-23-27-41(28-24-39)46-35-36-57-48-16-7-6-15-47(48)52-22-12-21-51(46)62(52)57)31-33-49(58)50-34-32-45(38-59(50)63)40-25-29-43(30-26-40)61-55-19-10-8-17-53(55)60(42-13-4-3-5-14-42)54-18-9-11-20-56(54)61/h3-38H,1-2H3. The molecule has 0 radical (unpaired) electrons. The minimum absolute atomic E-state index is 0.142. The monoisotopic (exact) mass is 798 g/mol. The topological polar surface area (TPSA) is 0 Å². The molecule has 0 aliphatic heterocycles. The third-order valence-corrected chi connectivity index (χ3v) is 14.3. The van der Waals surface area contributed by atoms with Gasteiger partial charge in [0.05, 0.1) is 0 Å². The summed E-state index contributed by atoms with van der Waals surface area (Å²) >= 11 is 0.